The molecule has 0 atom stereocenters. The molecule has 1 aliphatic heterocycles. The molecule has 22 heavy (non-hydrogen) atoms. The molecule has 112 valence electrons. The first kappa shape index (κ1) is 13.5. The minimum absolute atomic E-state index is 0.408. The molecule has 2 aromatic rings. The zero-order valence-electron chi connectivity index (χ0n) is 12.4. The molecule has 0 unspecified atom stereocenters. The molecule has 0 bridgehead atoms. The second-order valence-electron chi connectivity index (χ2n) is 6.06. The fourth-order valence-corrected chi connectivity index (χ4v) is 2.94. The summed E-state index contributed by atoms with van der Waals surface area (Å²) in [5, 5.41) is 13.7. The minimum Gasteiger partial charge on any atom is -0.381 e. The van der Waals surface area contributed by atoms with E-state index in [1.165, 1.54) is 12.8 Å². The highest BCUT2D eigenvalue weighted by atomic mass is 16.5. The van der Waals surface area contributed by atoms with E-state index in [9.17, 15) is 0 Å². The number of rotatable bonds is 3. The molecule has 1 saturated heterocycles. The van der Waals surface area contributed by atoms with E-state index in [4.69, 9.17) is 20.1 Å². The van der Waals surface area contributed by atoms with Gasteiger partial charge in [-0.25, -0.2) is 9.67 Å². The van der Waals surface area contributed by atoms with Crippen molar-refractivity contribution in [3.8, 4) is 11.8 Å². The van der Waals surface area contributed by atoms with Gasteiger partial charge in [0.1, 0.15) is 5.82 Å². The van der Waals surface area contributed by atoms with E-state index >= 15 is 0 Å². The Morgan fingerprint density at radius 1 is 1.05 bits per heavy atom. The predicted molar refractivity (Wildman–Crippen MR) is 80.8 cm³/mol. The van der Waals surface area contributed by atoms with E-state index < -0.39 is 0 Å². The molecule has 2 heterocycles. The van der Waals surface area contributed by atoms with Gasteiger partial charge in [-0.15, -0.1) is 0 Å². The summed E-state index contributed by atoms with van der Waals surface area (Å²) in [6.45, 7) is 1.60. The molecule has 1 aromatic heterocycles. The quantitative estimate of drug-likeness (QED) is 0.873. The Morgan fingerprint density at radius 3 is 2.41 bits per heavy atom. The van der Waals surface area contributed by atoms with Crippen LogP contribution in [0.25, 0.3) is 5.69 Å². The van der Waals surface area contributed by atoms with Gasteiger partial charge >= 0.3 is 0 Å². The number of aromatic nitrogens is 3. The Balaban J connectivity index is 1.70. The van der Waals surface area contributed by atoms with Crippen molar-refractivity contribution in [2.45, 2.75) is 37.5 Å². The van der Waals surface area contributed by atoms with E-state index in [0.717, 1.165) is 43.4 Å². The van der Waals surface area contributed by atoms with Crippen molar-refractivity contribution in [3.05, 3.63) is 41.5 Å². The van der Waals surface area contributed by atoms with Gasteiger partial charge in [-0.1, -0.05) is 0 Å². The maximum absolute atomic E-state index is 8.93. The molecule has 0 radical (unpaired) electrons. The minimum atomic E-state index is 0.408. The van der Waals surface area contributed by atoms with Crippen molar-refractivity contribution in [1.29, 1.82) is 5.26 Å². The van der Waals surface area contributed by atoms with E-state index in [2.05, 4.69) is 6.07 Å². The lowest BCUT2D eigenvalue weighted by molar-refractivity contribution is 0.0836. The van der Waals surface area contributed by atoms with Crippen LogP contribution in [0.5, 0.6) is 0 Å². The average Bonchev–Trinajstić information content (AvgIpc) is 3.34. The SMILES string of the molecule is N#Cc1ccc(-n2nc(C3CCOCC3)nc2C2CC2)cc1. The summed E-state index contributed by atoms with van der Waals surface area (Å²) >= 11 is 0. The van der Waals surface area contributed by atoms with Crippen LogP contribution in [0.1, 0.15) is 54.7 Å². The molecule has 5 nitrogen and oxygen atoms in total. The van der Waals surface area contributed by atoms with Gasteiger partial charge in [0.05, 0.1) is 17.3 Å². The van der Waals surface area contributed by atoms with Gasteiger partial charge in [0.25, 0.3) is 0 Å². The molecule has 1 saturated carbocycles. The third kappa shape index (κ3) is 2.51. The van der Waals surface area contributed by atoms with Crippen LogP contribution in [-0.4, -0.2) is 28.0 Å². The molecule has 1 aromatic carbocycles. The predicted octanol–water partition coefficient (Wildman–Crippen LogP) is 2.91. The van der Waals surface area contributed by atoms with Crippen molar-refractivity contribution in [2.75, 3.05) is 13.2 Å². The molecule has 5 heteroatoms. The lowest BCUT2D eigenvalue weighted by atomic mass is 10.00. The maximum atomic E-state index is 8.93. The summed E-state index contributed by atoms with van der Waals surface area (Å²) in [7, 11) is 0. The van der Waals surface area contributed by atoms with E-state index in [1.807, 2.05) is 28.9 Å². The monoisotopic (exact) mass is 294 g/mol. The molecule has 1 aliphatic carbocycles. The topological polar surface area (TPSA) is 63.7 Å². The lowest BCUT2D eigenvalue weighted by Crippen LogP contribution is -2.15. The van der Waals surface area contributed by atoms with Crippen LogP contribution in [-0.2, 0) is 4.74 Å². The molecule has 2 fully saturated rings. The Morgan fingerprint density at radius 2 is 1.77 bits per heavy atom. The third-order valence-electron chi connectivity index (χ3n) is 4.42. The lowest BCUT2D eigenvalue weighted by Gasteiger charge is -2.18. The van der Waals surface area contributed by atoms with E-state index in [0.29, 0.717) is 17.4 Å². The fourth-order valence-electron chi connectivity index (χ4n) is 2.94. The zero-order valence-corrected chi connectivity index (χ0v) is 12.4. The molecular weight excluding hydrogens is 276 g/mol. The van der Waals surface area contributed by atoms with Gasteiger partial charge in [0.2, 0.25) is 0 Å². The first-order chi connectivity index (χ1) is 10.8. The fraction of sp³-hybridized carbons (Fsp3) is 0.471. The van der Waals surface area contributed by atoms with Gasteiger partial charge in [-0.05, 0) is 49.9 Å². The third-order valence-corrected chi connectivity index (χ3v) is 4.42. The maximum Gasteiger partial charge on any atom is 0.154 e. The van der Waals surface area contributed by atoms with Crippen LogP contribution in [0.4, 0.5) is 0 Å². The Labute approximate surface area is 129 Å². The average molecular weight is 294 g/mol. The van der Waals surface area contributed by atoms with Gasteiger partial charge < -0.3 is 4.74 Å². The summed E-state index contributed by atoms with van der Waals surface area (Å²) in [5.41, 5.74) is 1.66. The zero-order chi connectivity index (χ0) is 14.9. The summed E-state index contributed by atoms with van der Waals surface area (Å²) in [4.78, 5) is 4.85. The summed E-state index contributed by atoms with van der Waals surface area (Å²) in [5.74, 6) is 2.98. The van der Waals surface area contributed by atoms with Crippen LogP contribution >= 0.6 is 0 Å². The number of hydrogen-bond donors (Lipinski definition) is 0. The largest absolute Gasteiger partial charge is 0.381 e. The van der Waals surface area contributed by atoms with Crippen molar-refractivity contribution < 1.29 is 4.74 Å². The highest BCUT2D eigenvalue weighted by Crippen LogP contribution is 2.40. The summed E-state index contributed by atoms with van der Waals surface area (Å²) < 4.78 is 7.41. The summed E-state index contributed by atoms with van der Waals surface area (Å²) in [6.07, 6.45) is 4.40. The van der Waals surface area contributed by atoms with E-state index in [-0.39, 0.29) is 0 Å². The van der Waals surface area contributed by atoms with Crippen molar-refractivity contribution in [3.63, 3.8) is 0 Å². The van der Waals surface area contributed by atoms with Gasteiger partial charge in [0, 0.05) is 25.0 Å². The van der Waals surface area contributed by atoms with Crippen LogP contribution in [0.3, 0.4) is 0 Å². The molecule has 4 rings (SSSR count). The number of benzene rings is 1. The molecule has 0 spiro atoms. The molecule has 2 aliphatic rings. The normalized spacial score (nSPS) is 19.0. The second kappa shape index (κ2) is 5.54. The molecule has 0 amide bonds. The Bertz CT molecular complexity index is 703. The van der Waals surface area contributed by atoms with Crippen LogP contribution < -0.4 is 0 Å². The van der Waals surface area contributed by atoms with Crippen LogP contribution in [0, 0.1) is 11.3 Å². The number of ether oxygens (including phenoxy) is 1. The van der Waals surface area contributed by atoms with Crippen LogP contribution in [0.2, 0.25) is 0 Å². The highest BCUT2D eigenvalue weighted by molar-refractivity contribution is 5.40. The smallest absolute Gasteiger partial charge is 0.154 e. The number of nitriles is 1. The van der Waals surface area contributed by atoms with Crippen LogP contribution in [0.15, 0.2) is 24.3 Å². The van der Waals surface area contributed by atoms with E-state index in [1.54, 1.807) is 0 Å². The van der Waals surface area contributed by atoms with Crippen molar-refractivity contribution in [2.24, 2.45) is 0 Å². The second-order valence-corrected chi connectivity index (χ2v) is 6.06. The first-order valence-corrected chi connectivity index (χ1v) is 7.90. The summed E-state index contributed by atoms with van der Waals surface area (Å²) in [6, 6.07) is 9.73. The molecular formula is C17H18N4O. The molecule has 0 N–H and O–H groups in total. The number of nitrogens with zero attached hydrogens (tertiary/aromatic N) is 4. The highest BCUT2D eigenvalue weighted by Gasteiger charge is 2.32. The van der Waals surface area contributed by atoms with Gasteiger partial charge in [0.15, 0.2) is 5.82 Å². The number of hydrogen-bond acceptors (Lipinski definition) is 4. The standard InChI is InChI=1S/C17H18N4O/c18-11-12-1-5-15(6-2-12)21-17(14-3-4-14)19-16(20-21)13-7-9-22-10-8-13/h1-2,5-6,13-14H,3-4,7-10H2. The van der Waals surface area contributed by atoms with Crippen molar-refractivity contribution >= 4 is 0 Å². The first-order valence-electron chi connectivity index (χ1n) is 7.90. The Kier molecular flexibility index (Phi) is 3.39. The van der Waals surface area contributed by atoms with Gasteiger partial charge in [-0.2, -0.15) is 10.4 Å². The van der Waals surface area contributed by atoms with Crippen molar-refractivity contribution in [1.82, 2.24) is 14.8 Å². The Hall–Kier alpha value is -2.19. The van der Waals surface area contributed by atoms with Gasteiger partial charge in [-0.3, -0.25) is 0 Å².